The first-order valence-electron chi connectivity index (χ1n) is 7.84. The third kappa shape index (κ3) is 1.58. The van der Waals surface area contributed by atoms with Gasteiger partial charge in [-0.15, -0.1) is 0 Å². The van der Waals surface area contributed by atoms with Crippen LogP contribution in [0.1, 0.15) is 16.7 Å². The van der Waals surface area contributed by atoms with Crippen molar-refractivity contribution in [3.8, 4) is 11.1 Å². The largest absolute Gasteiger partial charge is 0.0616 e. The van der Waals surface area contributed by atoms with E-state index in [1.54, 1.807) is 0 Å². The van der Waals surface area contributed by atoms with Crippen molar-refractivity contribution in [1.82, 2.24) is 0 Å². The predicted molar refractivity (Wildman–Crippen MR) is 94.4 cm³/mol. The minimum Gasteiger partial charge on any atom is -0.0616 e. The van der Waals surface area contributed by atoms with Gasteiger partial charge in [-0.1, -0.05) is 60.2 Å². The van der Waals surface area contributed by atoms with Gasteiger partial charge in [-0.25, -0.2) is 0 Å². The zero-order chi connectivity index (χ0) is 14.7. The van der Waals surface area contributed by atoms with Crippen LogP contribution in [-0.2, 0) is 6.42 Å². The minimum atomic E-state index is 1.06. The fraction of sp³-hybridized carbons (Fsp3) is 0.0909. The highest BCUT2D eigenvalue weighted by Gasteiger charge is 2.20. The maximum atomic E-state index is 2.36. The molecule has 1 aliphatic rings. The molecule has 0 heterocycles. The second kappa shape index (κ2) is 4.20. The lowest BCUT2D eigenvalue weighted by Crippen LogP contribution is -1.85. The molecule has 5 rings (SSSR count). The van der Waals surface area contributed by atoms with Gasteiger partial charge in [-0.2, -0.15) is 0 Å². The van der Waals surface area contributed by atoms with Gasteiger partial charge in [0.2, 0.25) is 0 Å². The Balaban J connectivity index is 1.87. The molecule has 0 aliphatic heterocycles. The molecule has 4 aromatic carbocycles. The molecule has 0 radical (unpaired) electrons. The fourth-order valence-corrected chi connectivity index (χ4v) is 3.80. The zero-order valence-electron chi connectivity index (χ0n) is 12.6. The van der Waals surface area contributed by atoms with Gasteiger partial charge in [0.1, 0.15) is 0 Å². The first kappa shape index (κ1) is 12.0. The Bertz CT molecular complexity index is 1050. The molecule has 0 saturated heterocycles. The SMILES string of the molecule is Cc1ccc2c(c1)-c1ccc3cc4ccccc4cc3c1C2. The Kier molecular flexibility index (Phi) is 2.29. The summed E-state index contributed by atoms with van der Waals surface area (Å²) in [5, 5.41) is 5.41. The summed E-state index contributed by atoms with van der Waals surface area (Å²) >= 11 is 0. The molecule has 0 fully saturated rings. The highest BCUT2D eigenvalue weighted by Crippen LogP contribution is 2.41. The standard InChI is InChI=1S/C22H16/c1-14-6-7-18-13-22-19(20(18)10-14)9-8-17-11-15-4-2-3-5-16(15)12-21(17)22/h2-12H,13H2,1H3. The van der Waals surface area contributed by atoms with E-state index in [0.717, 1.165) is 6.42 Å². The topological polar surface area (TPSA) is 0 Å². The Hall–Kier alpha value is -2.60. The summed E-state index contributed by atoms with van der Waals surface area (Å²) < 4.78 is 0. The third-order valence-electron chi connectivity index (χ3n) is 4.92. The molecule has 1 aliphatic carbocycles. The molecule has 0 saturated carbocycles. The molecule has 0 unspecified atom stereocenters. The van der Waals surface area contributed by atoms with Crippen molar-refractivity contribution in [3.05, 3.63) is 83.4 Å². The molecule has 22 heavy (non-hydrogen) atoms. The molecule has 0 spiro atoms. The Morgan fingerprint density at radius 1 is 0.682 bits per heavy atom. The van der Waals surface area contributed by atoms with Crippen molar-refractivity contribution in [2.45, 2.75) is 13.3 Å². The quantitative estimate of drug-likeness (QED) is 0.311. The first-order valence-corrected chi connectivity index (χ1v) is 7.84. The number of aryl methyl sites for hydroxylation is 1. The van der Waals surface area contributed by atoms with Crippen LogP contribution in [0.3, 0.4) is 0 Å². The highest BCUT2D eigenvalue weighted by atomic mass is 14.2. The van der Waals surface area contributed by atoms with Crippen molar-refractivity contribution in [1.29, 1.82) is 0 Å². The van der Waals surface area contributed by atoms with Gasteiger partial charge in [-0.3, -0.25) is 0 Å². The predicted octanol–water partition coefficient (Wildman–Crippen LogP) is 5.87. The van der Waals surface area contributed by atoms with E-state index in [2.05, 4.69) is 73.7 Å². The van der Waals surface area contributed by atoms with Crippen LogP contribution in [0, 0.1) is 6.92 Å². The van der Waals surface area contributed by atoms with E-state index in [4.69, 9.17) is 0 Å². The fourth-order valence-electron chi connectivity index (χ4n) is 3.80. The Labute approximate surface area is 130 Å². The number of benzene rings is 4. The summed E-state index contributed by atoms with van der Waals surface area (Å²) in [6, 6.07) is 24.7. The van der Waals surface area contributed by atoms with Crippen molar-refractivity contribution in [2.75, 3.05) is 0 Å². The lowest BCUT2D eigenvalue weighted by molar-refractivity contribution is 1.28. The van der Waals surface area contributed by atoms with Crippen LogP contribution in [0.2, 0.25) is 0 Å². The highest BCUT2D eigenvalue weighted by molar-refractivity contribution is 6.03. The number of hydrogen-bond donors (Lipinski definition) is 0. The Morgan fingerprint density at radius 2 is 1.50 bits per heavy atom. The van der Waals surface area contributed by atoms with Gasteiger partial charge in [0.15, 0.2) is 0 Å². The van der Waals surface area contributed by atoms with E-state index < -0.39 is 0 Å². The van der Waals surface area contributed by atoms with Crippen LogP contribution in [-0.4, -0.2) is 0 Å². The van der Waals surface area contributed by atoms with E-state index in [0.29, 0.717) is 0 Å². The summed E-state index contributed by atoms with van der Waals surface area (Å²) in [6.45, 7) is 2.17. The second-order valence-electron chi connectivity index (χ2n) is 6.35. The van der Waals surface area contributed by atoms with Crippen molar-refractivity contribution in [3.63, 3.8) is 0 Å². The van der Waals surface area contributed by atoms with Crippen LogP contribution in [0.15, 0.2) is 66.7 Å². The van der Waals surface area contributed by atoms with E-state index >= 15 is 0 Å². The maximum absolute atomic E-state index is 2.36. The molecule has 0 aromatic heterocycles. The van der Waals surface area contributed by atoms with E-state index in [1.807, 2.05) is 0 Å². The van der Waals surface area contributed by atoms with Crippen molar-refractivity contribution < 1.29 is 0 Å². The smallest absolute Gasteiger partial charge is 0.000728 e. The maximum Gasteiger partial charge on any atom is -0.000728 e. The van der Waals surface area contributed by atoms with Gasteiger partial charge >= 0.3 is 0 Å². The molecule has 0 heteroatoms. The van der Waals surface area contributed by atoms with Crippen LogP contribution < -0.4 is 0 Å². The number of rotatable bonds is 0. The van der Waals surface area contributed by atoms with E-state index in [-0.39, 0.29) is 0 Å². The van der Waals surface area contributed by atoms with Crippen LogP contribution in [0.25, 0.3) is 32.7 Å². The summed E-state index contributed by atoms with van der Waals surface area (Å²) in [5.41, 5.74) is 7.13. The van der Waals surface area contributed by atoms with Crippen LogP contribution in [0.5, 0.6) is 0 Å². The minimum absolute atomic E-state index is 1.06. The van der Waals surface area contributed by atoms with Crippen LogP contribution in [0.4, 0.5) is 0 Å². The average Bonchev–Trinajstić information content (AvgIpc) is 2.91. The molecule has 0 atom stereocenters. The molecule has 0 amide bonds. The summed E-state index contributed by atoms with van der Waals surface area (Å²) in [7, 11) is 0. The molecule has 4 aromatic rings. The summed E-state index contributed by atoms with van der Waals surface area (Å²) in [4.78, 5) is 0. The third-order valence-corrected chi connectivity index (χ3v) is 4.92. The lowest BCUT2D eigenvalue weighted by Gasteiger charge is -2.08. The average molecular weight is 280 g/mol. The van der Waals surface area contributed by atoms with Crippen molar-refractivity contribution in [2.24, 2.45) is 0 Å². The van der Waals surface area contributed by atoms with Gasteiger partial charge < -0.3 is 0 Å². The summed E-state index contributed by atoms with van der Waals surface area (Å²) in [6.07, 6.45) is 1.06. The van der Waals surface area contributed by atoms with Gasteiger partial charge in [0, 0.05) is 0 Å². The molecule has 104 valence electrons. The molecular formula is C22H16. The van der Waals surface area contributed by atoms with Crippen LogP contribution >= 0.6 is 0 Å². The molecule has 0 bridgehead atoms. The van der Waals surface area contributed by atoms with Gasteiger partial charge in [-0.05, 0) is 69.3 Å². The van der Waals surface area contributed by atoms with Gasteiger partial charge in [0.05, 0.1) is 0 Å². The van der Waals surface area contributed by atoms with Crippen molar-refractivity contribution >= 4 is 21.5 Å². The number of fused-ring (bicyclic) bond motifs is 6. The summed E-state index contributed by atoms with van der Waals surface area (Å²) in [5.74, 6) is 0. The first-order chi connectivity index (χ1) is 10.8. The molecular weight excluding hydrogens is 264 g/mol. The zero-order valence-corrected chi connectivity index (χ0v) is 12.6. The Morgan fingerprint density at radius 3 is 2.36 bits per heavy atom. The normalized spacial score (nSPS) is 12.6. The monoisotopic (exact) mass is 280 g/mol. The lowest BCUT2D eigenvalue weighted by atomic mass is 9.96. The molecule has 0 N–H and O–H groups in total. The molecule has 0 nitrogen and oxygen atoms in total. The van der Waals surface area contributed by atoms with E-state index in [1.165, 1.54) is 49.4 Å². The second-order valence-corrected chi connectivity index (χ2v) is 6.35. The number of hydrogen-bond acceptors (Lipinski definition) is 0. The van der Waals surface area contributed by atoms with Gasteiger partial charge in [0.25, 0.3) is 0 Å². The van der Waals surface area contributed by atoms with E-state index in [9.17, 15) is 0 Å².